The largest absolute Gasteiger partial charge is 0.305 e. The van der Waals surface area contributed by atoms with Gasteiger partial charge in [0.05, 0.1) is 10.6 Å². The highest BCUT2D eigenvalue weighted by atomic mass is 32.2. The van der Waals surface area contributed by atoms with Crippen LogP contribution in [0.4, 0.5) is 0 Å². The molecule has 6 heteroatoms. The second-order valence-corrected chi connectivity index (χ2v) is 8.47. The average Bonchev–Trinajstić information content (AvgIpc) is 2.51. The normalized spacial score (nSPS) is 13.7. The third kappa shape index (κ3) is 5.12. The van der Waals surface area contributed by atoms with Crippen LogP contribution >= 0.6 is 0 Å². The Labute approximate surface area is 144 Å². The molecule has 1 aromatic heterocycles. The number of rotatable bonds is 6. The van der Waals surface area contributed by atoms with Crippen molar-refractivity contribution in [3.63, 3.8) is 0 Å². The molecule has 2 aromatic rings. The second-order valence-electron chi connectivity index (χ2n) is 6.82. The van der Waals surface area contributed by atoms with Gasteiger partial charge in [0.1, 0.15) is 0 Å². The quantitative estimate of drug-likeness (QED) is 0.843. The lowest BCUT2D eigenvalue weighted by Crippen LogP contribution is -2.41. The van der Waals surface area contributed by atoms with E-state index >= 15 is 0 Å². The predicted octanol–water partition coefficient (Wildman–Crippen LogP) is 3.01. The van der Waals surface area contributed by atoms with Crippen LogP contribution in [0.5, 0.6) is 0 Å². The molecule has 5 nitrogen and oxygen atoms in total. The minimum absolute atomic E-state index is 0.0255. The second kappa shape index (κ2) is 7.42. The number of hydrogen-bond donors (Lipinski definition) is 2. The van der Waals surface area contributed by atoms with E-state index < -0.39 is 15.6 Å². The first kappa shape index (κ1) is 18.6. The van der Waals surface area contributed by atoms with Crippen molar-refractivity contribution in [2.45, 2.75) is 50.7 Å². The van der Waals surface area contributed by atoms with Gasteiger partial charge in [-0.05, 0) is 51.5 Å². The molecule has 1 heterocycles. The molecule has 0 aliphatic carbocycles. The highest BCUT2D eigenvalue weighted by Gasteiger charge is 2.24. The number of nitrogens with zero attached hydrogens (tertiary/aromatic N) is 1. The van der Waals surface area contributed by atoms with Gasteiger partial charge in [-0.25, -0.2) is 13.1 Å². The lowest BCUT2D eigenvalue weighted by atomic mass is 10.1. The zero-order chi connectivity index (χ0) is 17.8. The van der Waals surface area contributed by atoms with Gasteiger partial charge in [0, 0.05) is 24.3 Å². The Morgan fingerprint density at radius 1 is 1.08 bits per heavy atom. The van der Waals surface area contributed by atoms with Crippen LogP contribution < -0.4 is 10.0 Å². The third-order valence-corrected chi connectivity index (χ3v) is 5.29. The molecule has 1 atom stereocenters. The van der Waals surface area contributed by atoms with Crippen molar-refractivity contribution in [3.05, 3.63) is 59.9 Å². The van der Waals surface area contributed by atoms with E-state index in [1.54, 1.807) is 18.3 Å². The molecule has 0 aliphatic rings. The molecule has 0 bridgehead atoms. The van der Waals surface area contributed by atoms with Gasteiger partial charge in [-0.3, -0.25) is 4.98 Å². The average molecular weight is 347 g/mol. The number of hydrogen-bond acceptors (Lipinski definition) is 4. The van der Waals surface area contributed by atoms with Gasteiger partial charge < -0.3 is 5.32 Å². The van der Waals surface area contributed by atoms with E-state index in [2.05, 4.69) is 15.0 Å². The number of aromatic nitrogens is 1. The Balaban J connectivity index is 2.18. The molecular weight excluding hydrogens is 322 g/mol. The monoisotopic (exact) mass is 347 g/mol. The molecule has 1 aromatic carbocycles. The van der Waals surface area contributed by atoms with E-state index in [1.807, 2.05) is 58.0 Å². The van der Waals surface area contributed by atoms with Gasteiger partial charge in [-0.2, -0.15) is 0 Å². The van der Waals surface area contributed by atoms with Gasteiger partial charge in [0.2, 0.25) is 10.0 Å². The molecule has 0 saturated carbocycles. The minimum Gasteiger partial charge on any atom is -0.305 e. The van der Waals surface area contributed by atoms with E-state index in [0.29, 0.717) is 11.4 Å². The maximum absolute atomic E-state index is 12.6. The Kier molecular flexibility index (Phi) is 5.74. The van der Waals surface area contributed by atoms with Crippen LogP contribution in [0.25, 0.3) is 0 Å². The SMILES string of the molecule is CC(NCc1ccccc1S(=O)(=O)NC(C)(C)C)c1ccccn1. The standard InChI is InChI=1S/C18H25N3O2S/c1-14(16-10-7-8-12-19-16)20-13-15-9-5-6-11-17(15)24(22,23)21-18(2,3)4/h5-12,14,20-21H,13H2,1-4H3. The van der Waals surface area contributed by atoms with Gasteiger partial charge in [0.25, 0.3) is 0 Å². The van der Waals surface area contributed by atoms with Gasteiger partial charge in [-0.15, -0.1) is 0 Å². The summed E-state index contributed by atoms with van der Waals surface area (Å²) in [7, 11) is -3.57. The summed E-state index contributed by atoms with van der Waals surface area (Å²) in [6, 6.07) is 12.8. The molecule has 130 valence electrons. The van der Waals surface area contributed by atoms with E-state index in [1.165, 1.54) is 0 Å². The molecule has 0 fully saturated rings. The first-order valence-electron chi connectivity index (χ1n) is 7.95. The summed E-state index contributed by atoms with van der Waals surface area (Å²) in [5, 5.41) is 3.34. The van der Waals surface area contributed by atoms with Crippen molar-refractivity contribution in [2.75, 3.05) is 0 Å². The summed E-state index contributed by atoms with van der Waals surface area (Å²) >= 11 is 0. The Hall–Kier alpha value is -1.76. The van der Waals surface area contributed by atoms with Crippen molar-refractivity contribution in [1.82, 2.24) is 15.0 Å². The Morgan fingerprint density at radius 2 is 1.75 bits per heavy atom. The third-order valence-electron chi connectivity index (χ3n) is 3.43. The van der Waals surface area contributed by atoms with Crippen LogP contribution in [0, 0.1) is 0 Å². The van der Waals surface area contributed by atoms with Crippen molar-refractivity contribution in [1.29, 1.82) is 0 Å². The summed E-state index contributed by atoms with van der Waals surface area (Å²) < 4.78 is 28.0. The molecule has 0 amide bonds. The maximum atomic E-state index is 12.6. The van der Waals surface area contributed by atoms with E-state index in [0.717, 1.165) is 11.3 Å². The molecule has 24 heavy (non-hydrogen) atoms. The minimum atomic E-state index is -3.57. The van der Waals surface area contributed by atoms with Crippen molar-refractivity contribution in [3.8, 4) is 0 Å². The summed E-state index contributed by atoms with van der Waals surface area (Å²) in [4.78, 5) is 4.62. The molecule has 0 radical (unpaired) electrons. The fraction of sp³-hybridized carbons (Fsp3) is 0.389. The van der Waals surface area contributed by atoms with Crippen LogP contribution in [0.1, 0.15) is 45.0 Å². The highest BCUT2D eigenvalue weighted by molar-refractivity contribution is 7.89. The number of sulfonamides is 1. The topological polar surface area (TPSA) is 71.1 Å². The molecule has 1 unspecified atom stereocenters. The van der Waals surface area contributed by atoms with Crippen molar-refractivity contribution in [2.24, 2.45) is 0 Å². The molecule has 0 aliphatic heterocycles. The molecule has 0 saturated heterocycles. The number of pyridine rings is 1. The van der Waals surface area contributed by atoms with Gasteiger partial charge in [0.15, 0.2) is 0 Å². The number of nitrogens with one attached hydrogen (secondary N) is 2. The highest BCUT2D eigenvalue weighted by Crippen LogP contribution is 2.19. The van der Waals surface area contributed by atoms with E-state index in [-0.39, 0.29) is 6.04 Å². The van der Waals surface area contributed by atoms with Gasteiger partial charge in [-0.1, -0.05) is 24.3 Å². The summed E-state index contributed by atoms with van der Waals surface area (Å²) in [5.74, 6) is 0. The maximum Gasteiger partial charge on any atom is 0.241 e. The van der Waals surface area contributed by atoms with E-state index in [9.17, 15) is 8.42 Å². The molecule has 0 spiro atoms. The fourth-order valence-electron chi connectivity index (χ4n) is 2.37. The molecular formula is C18H25N3O2S. The van der Waals surface area contributed by atoms with Crippen molar-refractivity contribution >= 4 is 10.0 Å². The number of benzene rings is 1. The summed E-state index contributed by atoms with van der Waals surface area (Å²) in [6.45, 7) is 7.93. The Bertz CT molecular complexity index is 768. The summed E-state index contributed by atoms with van der Waals surface area (Å²) in [6.07, 6.45) is 1.75. The fourth-order valence-corrected chi connectivity index (χ4v) is 4.03. The first-order chi connectivity index (χ1) is 11.2. The first-order valence-corrected chi connectivity index (χ1v) is 9.43. The van der Waals surface area contributed by atoms with Crippen LogP contribution in [-0.2, 0) is 16.6 Å². The summed E-state index contributed by atoms with van der Waals surface area (Å²) in [5.41, 5.74) is 1.13. The van der Waals surface area contributed by atoms with Crippen LogP contribution in [0.2, 0.25) is 0 Å². The van der Waals surface area contributed by atoms with Crippen LogP contribution in [-0.4, -0.2) is 18.9 Å². The lowest BCUT2D eigenvalue weighted by molar-refractivity contribution is 0.490. The van der Waals surface area contributed by atoms with Gasteiger partial charge >= 0.3 is 0 Å². The predicted molar refractivity (Wildman–Crippen MR) is 96.0 cm³/mol. The van der Waals surface area contributed by atoms with Crippen LogP contribution in [0.3, 0.4) is 0 Å². The molecule has 2 rings (SSSR count). The zero-order valence-corrected chi connectivity index (χ0v) is 15.4. The van der Waals surface area contributed by atoms with Crippen molar-refractivity contribution < 1.29 is 8.42 Å². The lowest BCUT2D eigenvalue weighted by Gasteiger charge is -2.22. The smallest absolute Gasteiger partial charge is 0.241 e. The Morgan fingerprint density at radius 3 is 2.38 bits per heavy atom. The van der Waals surface area contributed by atoms with Crippen LogP contribution in [0.15, 0.2) is 53.6 Å². The molecule has 2 N–H and O–H groups in total. The van der Waals surface area contributed by atoms with E-state index in [4.69, 9.17) is 0 Å². The zero-order valence-electron chi connectivity index (χ0n) is 14.6.